The van der Waals surface area contributed by atoms with E-state index in [1.165, 1.54) is 127 Å². The molecule has 0 atom stereocenters. The highest BCUT2D eigenvalue weighted by Gasteiger charge is 1.96. The maximum Gasteiger partial charge on any atom is 0.0431 e. The average molecular weight is 463 g/mol. The van der Waals surface area contributed by atoms with E-state index in [4.69, 9.17) is 10.2 Å². The summed E-state index contributed by atoms with van der Waals surface area (Å²) in [5.74, 6) is 2.67. The molecule has 30 heavy (non-hydrogen) atoms. The molecule has 0 aromatic carbocycles. The summed E-state index contributed by atoms with van der Waals surface area (Å²) in [5, 5.41) is 17.5. The fourth-order valence-electron chi connectivity index (χ4n) is 3.49. The third-order valence-electron chi connectivity index (χ3n) is 5.35. The Morgan fingerprint density at radius 2 is 0.533 bits per heavy atom. The van der Waals surface area contributed by atoms with Crippen molar-refractivity contribution in [2.24, 2.45) is 0 Å². The van der Waals surface area contributed by atoms with Crippen LogP contribution in [-0.4, -0.2) is 34.9 Å². The standard InChI is InChI=1S/C24H50O2S2.C2H4/c25-21-17-13-9-5-1-3-7-11-15-19-23-27-28-24-20-16-12-8-4-2-6-10-14-18-22-26;1-2/h25-26H,1-24H2;1-2H2. The zero-order valence-electron chi connectivity index (χ0n) is 20.1. The van der Waals surface area contributed by atoms with Crippen LogP contribution >= 0.6 is 21.6 Å². The second-order valence-electron chi connectivity index (χ2n) is 8.16. The topological polar surface area (TPSA) is 40.5 Å². The summed E-state index contributed by atoms with van der Waals surface area (Å²) in [6.07, 6.45) is 26.6. The lowest BCUT2D eigenvalue weighted by atomic mass is 10.1. The first-order valence-electron chi connectivity index (χ1n) is 12.9. The van der Waals surface area contributed by atoms with Crippen molar-refractivity contribution in [2.45, 2.75) is 128 Å². The normalized spacial score (nSPS) is 10.7. The monoisotopic (exact) mass is 462 g/mol. The van der Waals surface area contributed by atoms with Crippen LogP contribution in [0.1, 0.15) is 128 Å². The van der Waals surface area contributed by atoms with Gasteiger partial charge >= 0.3 is 0 Å². The molecule has 0 radical (unpaired) electrons. The summed E-state index contributed by atoms with van der Waals surface area (Å²) in [6, 6.07) is 0. The van der Waals surface area contributed by atoms with Gasteiger partial charge in [0.2, 0.25) is 0 Å². The predicted octanol–water partition coefficient (Wildman–Crippen LogP) is 8.96. The van der Waals surface area contributed by atoms with Crippen LogP contribution in [0.4, 0.5) is 0 Å². The average Bonchev–Trinajstić information content (AvgIpc) is 2.78. The maximum absolute atomic E-state index is 8.74. The lowest BCUT2D eigenvalue weighted by Gasteiger charge is -2.04. The van der Waals surface area contributed by atoms with Crippen LogP contribution in [0, 0.1) is 0 Å². The lowest BCUT2D eigenvalue weighted by molar-refractivity contribution is 0.282. The lowest BCUT2D eigenvalue weighted by Crippen LogP contribution is -1.85. The van der Waals surface area contributed by atoms with Crippen LogP contribution < -0.4 is 0 Å². The van der Waals surface area contributed by atoms with Crippen molar-refractivity contribution in [3.05, 3.63) is 13.2 Å². The Hall–Kier alpha value is 0.360. The molecule has 0 aliphatic heterocycles. The minimum Gasteiger partial charge on any atom is -0.396 e. The summed E-state index contributed by atoms with van der Waals surface area (Å²) in [6.45, 7) is 6.73. The van der Waals surface area contributed by atoms with E-state index in [0.29, 0.717) is 13.2 Å². The SMILES string of the molecule is C=C.OCCCCCCCCCCCCSSCCCCCCCCCCCCO. The summed E-state index contributed by atoms with van der Waals surface area (Å²) >= 11 is 0. The Kier molecular flexibility index (Phi) is 36.9. The summed E-state index contributed by atoms with van der Waals surface area (Å²) in [4.78, 5) is 0. The highest BCUT2D eigenvalue weighted by Crippen LogP contribution is 2.25. The van der Waals surface area contributed by atoms with Crippen LogP contribution in [-0.2, 0) is 0 Å². The molecule has 0 aliphatic carbocycles. The van der Waals surface area contributed by atoms with E-state index in [-0.39, 0.29) is 0 Å². The molecule has 182 valence electrons. The van der Waals surface area contributed by atoms with Gasteiger partial charge in [-0.1, -0.05) is 124 Å². The molecule has 0 aromatic rings. The Balaban J connectivity index is 0. The van der Waals surface area contributed by atoms with E-state index >= 15 is 0 Å². The van der Waals surface area contributed by atoms with Gasteiger partial charge < -0.3 is 10.2 Å². The third kappa shape index (κ3) is 33.0. The first kappa shape index (κ1) is 32.5. The molecule has 0 rings (SSSR count). The number of unbranched alkanes of at least 4 members (excludes halogenated alkanes) is 18. The number of hydrogen-bond acceptors (Lipinski definition) is 4. The number of hydrogen-bond donors (Lipinski definition) is 2. The van der Waals surface area contributed by atoms with E-state index in [0.717, 1.165) is 12.8 Å². The molecule has 0 saturated carbocycles. The number of aliphatic hydroxyl groups is 2. The van der Waals surface area contributed by atoms with Gasteiger partial charge in [-0.15, -0.1) is 13.2 Å². The van der Waals surface area contributed by atoms with E-state index in [1.54, 1.807) is 0 Å². The van der Waals surface area contributed by atoms with Crippen molar-refractivity contribution in [2.75, 3.05) is 24.7 Å². The molecule has 0 amide bonds. The molecule has 0 unspecified atom stereocenters. The summed E-state index contributed by atoms with van der Waals surface area (Å²) in [5.41, 5.74) is 0. The molecule has 0 aromatic heterocycles. The Bertz CT molecular complexity index is 252. The summed E-state index contributed by atoms with van der Waals surface area (Å²) < 4.78 is 0. The van der Waals surface area contributed by atoms with E-state index in [2.05, 4.69) is 34.7 Å². The predicted molar refractivity (Wildman–Crippen MR) is 143 cm³/mol. The quantitative estimate of drug-likeness (QED) is 0.0806. The van der Waals surface area contributed by atoms with Crippen LogP contribution in [0.5, 0.6) is 0 Å². The van der Waals surface area contributed by atoms with Crippen LogP contribution in [0.2, 0.25) is 0 Å². The van der Waals surface area contributed by atoms with Gasteiger partial charge in [0.25, 0.3) is 0 Å². The van der Waals surface area contributed by atoms with Crippen LogP contribution in [0.25, 0.3) is 0 Å². The maximum atomic E-state index is 8.74. The second-order valence-corrected chi connectivity index (χ2v) is 10.9. The van der Waals surface area contributed by atoms with Crippen molar-refractivity contribution >= 4 is 21.6 Å². The molecule has 0 fully saturated rings. The fraction of sp³-hybridized carbons (Fsp3) is 0.923. The zero-order valence-corrected chi connectivity index (χ0v) is 21.7. The van der Waals surface area contributed by atoms with Crippen molar-refractivity contribution in [3.63, 3.8) is 0 Å². The molecule has 0 bridgehead atoms. The van der Waals surface area contributed by atoms with Gasteiger partial charge in [0.15, 0.2) is 0 Å². The van der Waals surface area contributed by atoms with Gasteiger partial charge in [0.1, 0.15) is 0 Å². The van der Waals surface area contributed by atoms with Crippen molar-refractivity contribution in [3.8, 4) is 0 Å². The highest BCUT2D eigenvalue weighted by atomic mass is 33.1. The minimum atomic E-state index is 0.365. The largest absolute Gasteiger partial charge is 0.396 e. The first-order chi connectivity index (χ1) is 14.9. The van der Waals surface area contributed by atoms with Crippen molar-refractivity contribution < 1.29 is 10.2 Å². The van der Waals surface area contributed by atoms with Gasteiger partial charge in [-0.3, -0.25) is 0 Å². The van der Waals surface area contributed by atoms with Gasteiger partial charge in [-0.25, -0.2) is 0 Å². The second kappa shape index (κ2) is 34.0. The minimum absolute atomic E-state index is 0.365. The Morgan fingerprint density at radius 3 is 0.767 bits per heavy atom. The molecule has 0 saturated heterocycles. The zero-order chi connectivity index (χ0) is 22.4. The number of aliphatic hydroxyl groups excluding tert-OH is 2. The number of rotatable bonds is 25. The smallest absolute Gasteiger partial charge is 0.0431 e. The summed E-state index contributed by atoms with van der Waals surface area (Å²) in [7, 11) is 4.19. The van der Waals surface area contributed by atoms with Crippen LogP contribution in [0.15, 0.2) is 13.2 Å². The van der Waals surface area contributed by atoms with Crippen molar-refractivity contribution in [1.29, 1.82) is 0 Å². The van der Waals surface area contributed by atoms with E-state index in [9.17, 15) is 0 Å². The van der Waals surface area contributed by atoms with E-state index in [1.807, 2.05) is 0 Å². The Morgan fingerprint density at radius 1 is 0.333 bits per heavy atom. The molecule has 0 spiro atoms. The van der Waals surface area contributed by atoms with Gasteiger partial charge in [0.05, 0.1) is 0 Å². The van der Waals surface area contributed by atoms with Gasteiger partial charge in [-0.2, -0.15) is 0 Å². The Labute approximate surface area is 197 Å². The fourth-order valence-corrected chi connectivity index (χ4v) is 5.79. The molecule has 4 heteroatoms. The molecule has 0 aliphatic rings. The van der Waals surface area contributed by atoms with Gasteiger partial charge in [0, 0.05) is 24.7 Å². The van der Waals surface area contributed by atoms with Crippen LogP contribution in [0.3, 0.4) is 0 Å². The molecule has 2 N–H and O–H groups in total. The van der Waals surface area contributed by atoms with Gasteiger partial charge in [-0.05, 0) is 25.7 Å². The first-order valence-corrected chi connectivity index (χ1v) is 15.4. The van der Waals surface area contributed by atoms with E-state index < -0.39 is 0 Å². The molecule has 2 nitrogen and oxygen atoms in total. The molecular weight excluding hydrogens is 408 g/mol. The van der Waals surface area contributed by atoms with Crippen molar-refractivity contribution in [1.82, 2.24) is 0 Å². The highest BCUT2D eigenvalue weighted by molar-refractivity contribution is 8.76. The molecule has 0 heterocycles. The third-order valence-corrected chi connectivity index (χ3v) is 7.93. The molecular formula is C26H54O2S2.